The molecule has 0 N–H and O–H groups in total. The van der Waals surface area contributed by atoms with Crippen LogP contribution in [-0.4, -0.2) is 9.97 Å². The highest BCUT2D eigenvalue weighted by atomic mass is 14.7. The van der Waals surface area contributed by atoms with Crippen LogP contribution in [0.5, 0.6) is 0 Å². The van der Waals surface area contributed by atoms with Gasteiger partial charge in [-0.15, -0.1) is 0 Å². The van der Waals surface area contributed by atoms with Gasteiger partial charge < -0.3 is 0 Å². The van der Waals surface area contributed by atoms with Crippen molar-refractivity contribution in [3.63, 3.8) is 0 Å². The molecule has 152 valence electrons. The number of hydrogen-bond donors (Lipinski definition) is 0. The van der Waals surface area contributed by atoms with E-state index in [1.165, 1.54) is 60.5 Å². The van der Waals surface area contributed by atoms with E-state index in [0.29, 0.717) is 0 Å². The zero-order chi connectivity index (χ0) is 21.6. The molecule has 2 aliphatic carbocycles. The van der Waals surface area contributed by atoms with Crippen LogP contribution in [0, 0.1) is 0 Å². The first-order chi connectivity index (χ1) is 16.4. The molecule has 0 radical (unpaired) electrons. The second kappa shape index (κ2) is 5.93. The van der Waals surface area contributed by atoms with Gasteiger partial charge in [-0.1, -0.05) is 42.5 Å². The molecule has 0 saturated heterocycles. The smallest absolute Gasteiger partial charge is 0.0726 e. The number of benzene rings is 4. The maximum atomic E-state index is 4.64. The van der Waals surface area contributed by atoms with E-state index in [2.05, 4.69) is 94.9 Å². The van der Waals surface area contributed by atoms with Gasteiger partial charge in [0.25, 0.3) is 0 Å². The van der Waals surface area contributed by atoms with Crippen LogP contribution in [0.25, 0.3) is 43.9 Å². The average Bonchev–Trinajstić information content (AvgIpc) is 2.87. The molecule has 0 amide bonds. The molecule has 8 rings (SSSR count). The van der Waals surface area contributed by atoms with E-state index >= 15 is 0 Å². The van der Waals surface area contributed by atoms with E-state index in [-0.39, 0.29) is 5.41 Å². The Hall–Kier alpha value is -4.30. The number of nitrogens with zero attached hydrogens (tertiary/aromatic N) is 2. The lowest BCUT2D eigenvalue weighted by molar-refractivity contribution is 0.702. The van der Waals surface area contributed by atoms with Gasteiger partial charge in [0.05, 0.1) is 11.1 Å². The first-order valence-electron chi connectivity index (χ1n) is 11.3. The Kier molecular flexibility index (Phi) is 3.11. The first-order valence-corrected chi connectivity index (χ1v) is 11.3. The summed E-state index contributed by atoms with van der Waals surface area (Å²) in [5, 5.41) is 5.40. The van der Waals surface area contributed by atoms with Crippen LogP contribution in [-0.2, 0) is 5.41 Å². The summed E-state index contributed by atoms with van der Waals surface area (Å²) in [7, 11) is 0. The maximum absolute atomic E-state index is 4.64. The Bertz CT molecular complexity index is 1620. The fraction of sp³-hybridized carbons (Fsp3) is 0.0323. The summed E-state index contributed by atoms with van der Waals surface area (Å²) in [6, 6.07) is 33.2. The van der Waals surface area contributed by atoms with Crippen LogP contribution in [0.15, 0.2) is 110 Å². The fourth-order valence-electron chi connectivity index (χ4n) is 6.21. The van der Waals surface area contributed by atoms with Crippen molar-refractivity contribution in [3.05, 3.63) is 132 Å². The zero-order valence-corrected chi connectivity index (χ0v) is 17.8. The van der Waals surface area contributed by atoms with Crippen molar-refractivity contribution in [2.75, 3.05) is 0 Å². The standard InChI is InChI=1S/C31H18N2/c1-2-12-33-28(9-1)23-16-21-6-4-8-25-30(21)27(18-23)31(25)24-7-3-5-20-15-22(17-26(31)29(20)24)19-10-13-32-14-11-19/h1-18H. The Morgan fingerprint density at radius 1 is 0.485 bits per heavy atom. The van der Waals surface area contributed by atoms with Crippen LogP contribution in [0.3, 0.4) is 0 Å². The molecule has 33 heavy (non-hydrogen) atoms. The summed E-state index contributed by atoms with van der Waals surface area (Å²) in [6.45, 7) is 0. The van der Waals surface area contributed by atoms with Crippen LogP contribution < -0.4 is 0 Å². The zero-order valence-electron chi connectivity index (χ0n) is 17.8. The molecule has 1 unspecified atom stereocenters. The largest absolute Gasteiger partial charge is 0.265 e. The van der Waals surface area contributed by atoms with Gasteiger partial charge in [0.15, 0.2) is 0 Å². The van der Waals surface area contributed by atoms with Gasteiger partial charge >= 0.3 is 0 Å². The monoisotopic (exact) mass is 418 g/mol. The highest BCUT2D eigenvalue weighted by Crippen LogP contribution is 2.65. The average molecular weight is 418 g/mol. The predicted octanol–water partition coefficient (Wildman–Crippen LogP) is 7.13. The van der Waals surface area contributed by atoms with E-state index in [4.69, 9.17) is 0 Å². The van der Waals surface area contributed by atoms with Crippen molar-refractivity contribution in [1.29, 1.82) is 0 Å². The third-order valence-corrected chi connectivity index (χ3v) is 7.54. The molecule has 0 aliphatic heterocycles. The van der Waals surface area contributed by atoms with Crippen LogP contribution in [0.1, 0.15) is 22.3 Å². The van der Waals surface area contributed by atoms with Gasteiger partial charge in [-0.05, 0) is 103 Å². The lowest BCUT2D eigenvalue weighted by Crippen LogP contribution is -2.43. The molecule has 1 spiro atoms. The molecule has 6 aromatic rings. The molecular weight excluding hydrogens is 400 g/mol. The quantitative estimate of drug-likeness (QED) is 0.298. The van der Waals surface area contributed by atoms with Gasteiger partial charge in [0, 0.05) is 24.2 Å². The summed E-state index contributed by atoms with van der Waals surface area (Å²) in [4.78, 5) is 8.85. The van der Waals surface area contributed by atoms with E-state index in [1.807, 2.05) is 24.7 Å². The summed E-state index contributed by atoms with van der Waals surface area (Å²) in [5.41, 5.74) is 10.2. The highest BCUT2D eigenvalue weighted by molar-refractivity contribution is 6.12. The van der Waals surface area contributed by atoms with Crippen LogP contribution in [0.2, 0.25) is 0 Å². The lowest BCUT2D eigenvalue weighted by Gasteiger charge is -2.52. The number of rotatable bonds is 2. The molecule has 1 atom stereocenters. The van der Waals surface area contributed by atoms with Crippen molar-refractivity contribution >= 4 is 21.5 Å². The Balaban J connectivity index is 1.44. The SMILES string of the molecule is c1ccc(-c2cc3c4c(cccc4c2)C32c3cccc4cc(-c5ccncc5)cc2c34)nc1. The van der Waals surface area contributed by atoms with Gasteiger partial charge in [0.1, 0.15) is 0 Å². The molecule has 2 aliphatic rings. The van der Waals surface area contributed by atoms with Gasteiger partial charge in [0.2, 0.25) is 0 Å². The third kappa shape index (κ3) is 2.00. The van der Waals surface area contributed by atoms with E-state index < -0.39 is 0 Å². The van der Waals surface area contributed by atoms with Crippen molar-refractivity contribution < 1.29 is 0 Å². The van der Waals surface area contributed by atoms with Gasteiger partial charge in [-0.3, -0.25) is 9.97 Å². The second-order valence-corrected chi connectivity index (χ2v) is 9.06. The van der Waals surface area contributed by atoms with Crippen molar-refractivity contribution in [2.24, 2.45) is 0 Å². The Morgan fingerprint density at radius 2 is 1.15 bits per heavy atom. The predicted molar refractivity (Wildman–Crippen MR) is 133 cm³/mol. The Labute approximate surface area is 191 Å². The summed E-state index contributed by atoms with van der Waals surface area (Å²) >= 11 is 0. The molecular formula is C31H18N2. The molecule has 0 bridgehead atoms. The van der Waals surface area contributed by atoms with Crippen LogP contribution in [0.4, 0.5) is 0 Å². The Morgan fingerprint density at radius 3 is 1.82 bits per heavy atom. The number of aromatic nitrogens is 2. The van der Waals surface area contributed by atoms with E-state index in [0.717, 1.165) is 5.69 Å². The van der Waals surface area contributed by atoms with E-state index in [1.54, 1.807) is 0 Å². The normalized spacial score (nSPS) is 17.2. The molecule has 2 nitrogen and oxygen atoms in total. The first kappa shape index (κ1) is 17.3. The van der Waals surface area contributed by atoms with Crippen molar-refractivity contribution in [1.82, 2.24) is 9.97 Å². The fourth-order valence-corrected chi connectivity index (χ4v) is 6.21. The maximum Gasteiger partial charge on any atom is 0.0726 e. The number of hydrogen-bond acceptors (Lipinski definition) is 2. The van der Waals surface area contributed by atoms with Gasteiger partial charge in [-0.25, -0.2) is 0 Å². The molecule has 2 heteroatoms. The molecule has 2 aromatic heterocycles. The third-order valence-electron chi connectivity index (χ3n) is 7.54. The minimum absolute atomic E-state index is 0.155. The van der Waals surface area contributed by atoms with E-state index in [9.17, 15) is 0 Å². The summed E-state index contributed by atoms with van der Waals surface area (Å²) in [5.74, 6) is 0. The highest BCUT2D eigenvalue weighted by Gasteiger charge is 2.54. The summed E-state index contributed by atoms with van der Waals surface area (Å²) < 4.78 is 0. The minimum Gasteiger partial charge on any atom is -0.265 e. The molecule has 2 heterocycles. The van der Waals surface area contributed by atoms with Crippen LogP contribution >= 0.6 is 0 Å². The number of fused-ring (bicyclic) bond motifs is 4. The second-order valence-electron chi connectivity index (χ2n) is 9.06. The number of pyridine rings is 2. The molecule has 4 aromatic carbocycles. The lowest BCUT2D eigenvalue weighted by atomic mass is 9.49. The minimum atomic E-state index is -0.155. The van der Waals surface area contributed by atoms with Gasteiger partial charge in [-0.2, -0.15) is 0 Å². The molecule has 0 fully saturated rings. The topological polar surface area (TPSA) is 25.8 Å². The summed E-state index contributed by atoms with van der Waals surface area (Å²) in [6.07, 6.45) is 5.61. The van der Waals surface area contributed by atoms with Crippen molar-refractivity contribution in [2.45, 2.75) is 5.41 Å². The van der Waals surface area contributed by atoms with Crippen molar-refractivity contribution in [3.8, 4) is 22.4 Å². The molecule has 0 saturated carbocycles.